The molecule has 0 radical (unpaired) electrons. The van der Waals surface area contributed by atoms with E-state index < -0.39 is 30.1 Å². The number of likely N-dealkylation sites (tertiary alicyclic amines) is 1. The molecule has 0 bridgehead atoms. The molecule has 2 rings (SSSR count). The van der Waals surface area contributed by atoms with Gasteiger partial charge in [0.25, 0.3) is 0 Å². The summed E-state index contributed by atoms with van der Waals surface area (Å²) in [5.41, 5.74) is 6.34. The second kappa shape index (κ2) is 20.4. The van der Waals surface area contributed by atoms with Crippen molar-refractivity contribution in [1.82, 2.24) is 26.2 Å². The zero-order chi connectivity index (χ0) is 31.5. The Labute approximate surface area is 253 Å². The molecule has 1 aliphatic heterocycles. The monoisotopic (exact) mass is 604 g/mol. The van der Waals surface area contributed by atoms with Crippen LogP contribution in [0.4, 0.5) is 0 Å². The first-order valence-electron chi connectivity index (χ1n) is 15.2. The van der Waals surface area contributed by atoms with E-state index in [4.69, 9.17) is 10.5 Å². The van der Waals surface area contributed by atoms with E-state index in [1.165, 1.54) is 4.90 Å². The van der Waals surface area contributed by atoms with E-state index in [9.17, 15) is 29.1 Å². The minimum absolute atomic E-state index is 0.128. The molecule has 1 aromatic carbocycles. The summed E-state index contributed by atoms with van der Waals surface area (Å²) in [4.78, 5) is 63.4. The summed E-state index contributed by atoms with van der Waals surface area (Å²) in [7, 11) is 0. The molecule has 1 saturated heterocycles. The number of hydrogen-bond donors (Lipinski definition) is 6. The molecule has 1 aromatic rings. The van der Waals surface area contributed by atoms with Crippen molar-refractivity contribution < 1.29 is 33.8 Å². The van der Waals surface area contributed by atoms with Gasteiger partial charge in [-0.15, -0.1) is 0 Å². The van der Waals surface area contributed by atoms with E-state index in [1.807, 2.05) is 30.3 Å². The van der Waals surface area contributed by atoms with Gasteiger partial charge in [0.05, 0.1) is 19.2 Å². The fraction of sp³-hybridized carbons (Fsp3) is 0.633. The Bertz CT molecular complexity index is 1030. The van der Waals surface area contributed by atoms with Gasteiger partial charge in [-0.1, -0.05) is 30.3 Å². The van der Waals surface area contributed by atoms with Crippen molar-refractivity contribution in [3.63, 3.8) is 0 Å². The number of ether oxygens (including phenoxy) is 1. The number of unbranched alkanes of at least 4 members (excludes halogenated alkanes) is 1. The van der Waals surface area contributed by atoms with Gasteiger partial charge in [-0.2, -0.15) is 0 Å². The largest absolute Gasteiger partial charge is 0.480 e. The number of amides is 3. The highest BCUT2D eigenvalue weighted by molar-refractivity contribution is 5.88. The fourth-order valence-corrected chi connectivity index (χ4v) is 4.99. The summed E-state index contributed by atoms with van der Waals surface area (Å²) in [5, 5.41) is 21.1. The number of carbonyl (C=O) groups is 5. The van der Waals surface area contributed by atoms with Gasteiger partial charge >= 0.3 is 11.9 Å². The van der Waals surface area contributed by atoms with Crippen LogP contribution in [0.5, 0.6) is 0 Å². The average Bonchev–Trinajstić information content (AvgIpc) is 3.50. The van der Waals surface area contributed by atoms with Gasteiger partial charge in [0.2, 0.25) is 17.7 Å². The van der Waals surface area contributed by atoms with Crippen LogP contribution in [-0.2, 0) is 35.1 Å². The lowest BCUT2D eigenvalue weighted by molar-refractivity contribution is -0.150. The second-order valence-electron chi connectivity index (χ2n) is 10.5. The average molecular weight is 605 g/mol. The Hall–Kier alpha value is -3.55. The molecule has 7 N–H and O–H groups in total. The van der Waals surface area contributed by atoms with Crippen LogP contribution in [0.3, 0.4) is 0 Å². The molecule has 1 fully saturated rings. The Morgan fingerprint density at radius 1 is 1.00 bits per heavy atom. The Morgan fingerprint density at radius 2 is 1.72 bits per heavy atom. The summed E-state index contributed by atoms with van der Waals surface area (Å²) >= 11 is 0. The third-order valence-corrected chi connectivity index (χ3v) is 7.23. The number of nitrogens with zero attached hydrogens (tertiary/aromatic N) is 1. The molecule has 1 unspecified atom stereocenters. The maximum Gasteiger partial charge on any atom is 0.326 e. The van der Waals surface area contributed by atoms with Crippen molar-refractivity contribution >= 4 is 29.7 Å². The van der Waals surface area contributed by atoms with Crippen molar-refractivity contribution in [3.05, 3.63) is 35.9 Å². The molecular weight excluding hydrogens is 556 g/mol. The van der Waals surface area contributed by atoms with Crippen molar-refractivity contribution in [2.45, 2.75) is 82.8 Å². The molecule has 0 spiro atoms. The summed E-state index contributed by atoms with van der Waals surface area (Å²) in [6, 6.07) is 7.29. The van der Waals surface area contributed by atoms with Crippen LogP contribution in [0, 0.1) is 0 Å². The number of rotatable bonds is 21. The molecule has 1 aliphatic rings. The Morgan fingerprint density at radius 3 is 2.42 bits per heavy atom. The topological polar surface area (TPSA) is 192 Å². The van der Waals surface area contributed by atoms with Crippen LogP contribution in [0.25, 0.3) is 0 Å². The maximum absolute atomic E-state index is 13.6. The molecule has 3 amide bonds. The number of benzene rings is 1. The first kappa shape index (κ1) is 35.6. The minimum atomic E-state index is -1.04. The number of carbonyl (C=O) groups excluding carboxylic acids is 4. The van der Waals surface area contributed by atoms with Gasteiger partial charge < -0.3 is 31.1 Å². The maximum atomic E-state index is 13.6. The molecule has 240 valence electrons. The molecule has 0 saturated carbocycles. The SMILES string of the molecule is CCOC(=O)C(CCc1ccccc1)N[C@@H](CCCCNC(=O)CCCNC(=O)CNCN)C(=O)N1CCC[C@@H]1C(=O)O. The van der Waals surface area contributed by atoms with E-state index in [2.05, 4.69) is 21.3 Å². The Kier molecular flexibility index (Phi) is 16.9. The predicted molar refractivity (Wildman–Crippen MR) is 161 cm³/mol. The highest BCUT2D eigenvalue weighted by atomic mass is 16.5. The summed E-state index contributed by atoms with van der Waals surface area (Å²) < 4.78 is 5.30. The number of carboxylic acid groups (broad SMARTS) is 1. The van der Waals surface area contributed by atoms with Crippen LogP contribution >= 0.6 is 0 Å². The van der Waals surface area contributed by atoms with Gasteiger partial charge in [0, 0.05) is 32.7 Å². The number of carboxylic acids is 1. The first-order valence-corrected chi connectivity index (χ1v) is 15.2. The number of aryl methyl sites for hydroxylation is 1. The third-order valence-electron chi connectivity index (χ3n) is 7.23. The number of hydrogen-bond acceptors (Lipinski definition) is 9. The van der Waals surface area contributed by atoms with Crippen LogP contribution in [0.1, 0.15) is 63.9 Å². The van der Waals surface area contributed by atoms with Crippen molar-refractivity contribution in [1.29, 1.82) is 0 Å². The molecular formula is C30H48N6O7. The molecule has 1 heterocycles. The van der Waals surface area contributed by atoms with Crippen molar-refractivity contribution in [2.24, 2.45) is 5.73 Å². The van der Waals surface area contributed by atoms with E-state index >= 15 is 0 Å². The number of esters is 1. The highest BCUT2D eigenvalue weighted by Crippen LogP contribution is 2.20. The predicted octanol–water partition coefficient (Wildman–Crippen LogP) is 0.273. The molecule has 13 nitrogen and oxygen atoms in total. The van der Waals surface area contributed by atoms with Crippen molar-refractivity contribution in [3.8, 4) is 0 Å². The van der Waals surface area contributed by atoms with Gasteiger partial charge in [-0.3, -0.25) is 29.8 Å². The number of nitrogens with two attached hydrogens (primary N) is 1. The lowest BCUT2D eigenvalue weighted by Crippen LogP contribution is -2.54. The first-order chi connectivity index (χ1) is 20.8. The van der Waals surface area contributed by atoms with E-state index in [0.717, 1.165) is 5.56 Å². The molecule has 43 heavy (non-hydrogen) atoms. The van der Waals surface area contributed by atoms with Gasteiger partial charge in [-0.05, 0) is 63.9 Å². The quantitative estimate of drug-likeness (QED) is 0.0645. The number of nitrogens with one attached hydrogen (secondary N) is 4. The van der Waals surface area contributed by atoms with Gasteiger partial charge in [-0.25, -0.2) is 4.79 Å². The lowest BCUT2D eigenvalue weighted by atomic mass is 10.0. The summed E-state index contributed by atoms with van der Waals surface area (Å²) in [6.45, 7) is 3.40. The normalized spacial score (nSPS) is 15.9. The van der Waals surface area contributed by atoms with Crippen LogP contribution in [-0.4, -0.2) is 97.2 Å². The van der Waals surface area contributed by atoms with Gasteiger partial charge in [0.1, 0.15) is 12.1 Å². The summed E-state index contributed by atoms with van der Waals surface area (Å²) in [5.74, 6) is -2.15. The van der Waals surface area contributed by atoms with E-state index in [-0.39, 0.29) is 44.0 Å². The van der Waals surface area contributed by atoms with E-state index in [1.54, 1.807) is 6.92 Å². The standard InChI is InChI=1S/C30H48N6O7/c1-2-43-30(42)24(16-15-22-10-4-3-5-11-22)35-23(28(39)36-19-9-13-25(36)29(40)41)12-6-7-17-33-26(37)14-8-18-34-27(38)20-32-21-31/h3-5,10-11,23-25,32,35H,2,6-9,12-21,31H2,1H3,(H,33,37)(H,34,38)(H,40,41)/t23-,24?,25+/m0/s1. The minimum Gasteiger partial charge on any atom is -0.480 e. The number of aliphatic carboxylic acids is 1. The third kappa shape index (κ3) is 13.5. The molecule has 0 aliphatic carbocycles. The fourth-order valence-electron chi connectivity index (χ4n) is 4.99. The van der Waals surface area contributed by atoms with Crippen LogP contribution in [0.2, 0.25) is 0 Å². The zero-order valence-corrected chi connectivity index (χ0v) is 25.1. The molecule has 3 atom stereocenters. The molecule has 0 aromatic heterocycles. The highest BCUT2D eigenvalue weighted by Gasteiger charge is 2.38. The smallest absolute Gasteiger partial charge is 0.326 e. The van der Waals surface area contributed by atoms with Crippen molar-refractivity contribution in [2.75, 3.05) is 39.5 Å². The molecule has 13 heteroatoms. The summed E-state index contributed by atoms with van der Waals surface area (Å²) in [6.07, 6.45) is 4.29. The lowest BCUT2D eigenvalue weighted by Gasteiger charge is -2.30. The van der Waals surface area contributed by atoms with Crippen LogP contribution < -0.4 is 27.0 Å². The second-order valence-corrected chi connectivity index (χ2v) is 10.5. The van der Waals surface area contributed by atoms with E-state index in [0.29, 0.717) is 71.0 Å². The Balaban J connectivity index is 1.93. The van der Waals surface area contributed by atoms with Gasteiger partial charge in [0.15, 0.2) is 0 Å². The van der Waals surface area contributed by atoms with Crippen LogP contribution in [0.15, 0.2) is 30.3 Å². The zero-order valence-electron chi connectivity index (χ0n) is 25.1.